The summed E-state index contributed by atoms with van der Waals surface area (Å²) in [5, 5.41) is 3.20. The summed E-state index contributed by atoms with van der Waals surface area (Å²) in [5.74, 6) is 1.50. The second kappa shape index (κ2) is 9.10. The second-order valence-corrected chi connectivity index (χ2v) is 8.02. The van der Waals surface area contributed by atoms with E-state index in [4.69, 9.17) is 30.2 Å². The van der Waals surface area contributed by atoms with E-state index >= 15 is 0 Å². The van der Waals surface area contributed by atoms with Crippen LogP contribution in [0.5, 0.6) is 17.2 Å². The number of fused-ring (bicyclic) bond motifs is 1. The van der Waals surface area contributed by atoms with Crippen LogP contribution in [-0.2, 0) is 0 Å². The summed E-state index contributed by atoms with van der Waals surface area (Å²) in [6.45, 7) is 0. The van der Waals surface area contributed by atoms with Crippen molar-refractivity contribution in [3.8, 4) is 28.7 Å². The van der Waals surface area contributed by atoms with Crippen molar-refractivity contribution in [1.82, 2.24) is 4.98 Å². The predicted molar refractivity (Wildman–Crippen MR) is 126 cm³/mol. The number of benzene rings is 3. The number of hydrogen-bond acceptors (Lipinski definition) is 6. The third kappa shape index (κ3) is 4.24. The van der Waals surface area contributed by atoms with Gasteiger partial charge in [-0.15, -0.1) is 0 Å². The fourth-order valence-corrected chi connectivity index (χ4v) is 3.77. The Labute approximate surface area is 197 Å². The molecule has 0 aliphatic heterocycles. The molecule has 32 heavy (non-hydrogen) atoms. The minimum atomic E-state index is -0.330. The molecule has 0 spiro atoms. The molecule has 7 nitrogen and oxygen atoms in total. The highest BCUT2D eigenvalue weighted by Crippen LogP contribution is 2.41. The van der Waals surface area contributed by atoms with Gasteiger partial charge in [-0.2, -0.15) is 0 Å². The molecule has 4 aromatic rings. The van der Waals surface area contributed by atoms with E-state index in [0.717, 1.165) is 4.47 Å². The van der Waals surface area contributed by atoms with Gasteiger partial charge in [-0.3, -0.25) is 4.79 Å². The Morgan fingerprint density at radius 2 is 1.72 bits per heavy atom. The Morgan fingerprint density at radius 1 is 1.00 bits per heavy atom. The standard InChI is InChI=1S/C23H18BrClN2O5/c1-29-19-8-12(9-20(30-2)21(19)31-3)23-27-17-11-14(5-7-18(17)32-23)26-22(28)15-10-13(24)4-6-16(15)25/h4-11H,1-3H3,(H,26,28). The first kappa shape index (κ1) is 22.0. The molecule has 0 saturated heterocycles. The van der Waals surface area contributed by atoms with Crippen molar-refractivity contribution in [2.45, 2.75) is 0 Å². The number of rotatable bonds is 6. The van der Waals surface area contributed by atoms with Crippen LogP contribution in [0.1, 0.15) is 10.4 Å². The first-order valence-electron chi connectivity index (χ1n) is 9.41. The molecule has 1 N–H and O–H groups in total. The van der Waals surface area contributed by atoms with Crippen molar-refractivity contribution < 1.29 is 23.4 Å². The molecule has 0 atom stereocenters. The van der Waals surface area contributed by atoms with E-state index < -0.39 is 0 Å². The Morgan fingerprint density at radius 3 is 2.38 bits per heavy atom. The van der Waals surface area contributed by atoms with Crippen LogP contribution in [-0.4, -0.2) is 32.2 Å². The zero-order chi connectivity index (χ0) is 22.8. The molecule has 4 rings (SSSR count). The predicted octanol–water partition coefficient (Wildman–Crippen LogP) is 6.19. The number of carbonyl (C=O) groups excluding carboxylic acids is 1. The van der Waals surface area contributed by atoms with E-state index in [1.165, 1.54) is 7.11 Å². The van der Waals surface area contributed by atoms with Crippen LogP contribution >= 0.6 is 27.5 Å². The van der Waals surface area contributed by atoms with Crippen molar-refractivity contribution in [2.24, 2.45) is 0 Å². The summed E-state index contributed by atoms with van der Waals surface area (Å²) in [5.41, 5.74) is 2.71. The van der Waals surface area contributed by atoms with Crippen molar-refractivity contribution in [3.05, 3.63) is 63.6 Å². The maximum absolute atomic E-state index is 12.7. The van der Waals surface area contributed by atoms with Crippen LogP contribution < -0.4 is 19.5 Å². The highest BCUT2D eigenvalue weighted by Gasteiger charge is 2.18. The highest BCUT2D eigenvalue weighted by molar-refractivity contribution is 9.10. The lowest BCUT2D eigenvalue weighted by molar-refractivity contribution is 0.102. The minimum Gasteiger partial charge on any atom is -0.493 e. The Bertz CT molecular complexity index is 1300. The Kier molecular flexibility index (Phi) is 6.25. The average Bonchev–Trinajstić information content (AvgIpc) is 3.23. The van der Waals surface area contributed by atoms with Gasteiger partial charge < -0.3 is 23.9 Å². The molecule has 0 aliphatic carbocycles. The number of aromatic nitrogens is 1. The Balaban J connectivity index is 1.67. The highest BCUT2D eigenvalue weighted by atomic mass is 79.9. The van der Waals surface area contributed by atoms with E-state index in [2.05, 4.69) is 26.2 Å². The Hall–Kier alpha value is -3.23. The van der Waals surface area contributed by atoms with E-state index in [9.17, 15) is 4.79 Å². The molecule has 9 heteroatoms. The summed E-state index contributed by atoms with van der Waals surface area (Å²) < 4.78 is 22.8. The lowest BCUT2D eigenvalue weighted by Crippen LogP contribution is -2.12. The van der Waals surface area contributed by atoms with Gasteiger partial charge in [0, 0.05) is 15.7 Å². The number of nitrogens with one attached hydrogen (secondary N) is 1. The maximum atomic E-state index is 12.7. The molecular formula is C23H18BrClN2O5. The molecule has 1 aromatic heterocycles. The summed E-state index contributed by atoms with van der Waals surface area (Å²) in [7, 11) is 4.62. The van der Waals surface area contributed by atoms with Crippen molar-refractivity contribution in [2.75, 3.05) is 26.6 Å². The summed E-state index contributed by atoms with van der Waals surface area (Å²) in [4.78, 5) is 17.2. The SMILES string of the molecule is COc1cc(-c2nc3cc(NC(=O)c4cc(Br)ccc4Cl)ccc3o2)cc(OC)c1OC. The smallest absolute Gasteiger partial charge is 0.257 e. The lowest BCUT2D eigenvalue weighted by atomic mass is 10.2. The third-order valence-corrected chi connectivity index (χ3v) is 5.55. The first-order valence-corrected chi connectivity index (χ1v) is 10.6. The fourth-order valence-electron chi connectivity index (χ4n) is 3.20. The van der Waals surface area contributed by atoms with Gasteiger partial charge >= 0.3 is 0 Å². The third-order valence-electron chi connectivity index (χ3n) is 4.73. The average molecular weight is 518 g/mol. The summed E-state index contributed by atoms with van der Waals surface area (Å²) in [6, 6.07) is 13.8. The molecule has 0 bridgehead atoms. The van der Waals surface area contributed by atoms with Gasteiger partial charge in [0.25, 0.3) is 5.91 Å². The summed E-state index contributed by atoms with van der Waals surface area (Å²) in [6.07, 6.45) is 0. The zero-order valence-corrected chi connectivity index (χ0v) is 19.7. The van der Waals surface area contributed by atoms with Crippen molar-refractivity contribution in [1.29, 1.82) is 0 Å². The fraction of sp³-hybridized carbons (Fsp3) is 0.130. The minimum absolute atomic E-state index is 0.330. The van der Waals surface area contributed by atoms with E-state index in [1.807, 2.05) is 0 Å². The number of ether oxygens (including phenoxy) is 3. The monoisotopic (exact) mass is 516 g/mol. The van der Waals surface area contributed by atoms with Gasteiger partial charge in [0.15, 0.2) is 17.1 Å². The zero-order valence-electron chi connectivity index (χ0n) is 17.4. The van der Waals surface area contributed by atoms with Crippen LogP contribution in [0.3, 0.4) is 0 Å². The summed E-state index contributed by atoms with van der Waals surface area (Å²) >= 11 is 9.51. The first-order chi connectivity index (χ1) is 15.4. The molecule has 0 radical (unpaired) electrons. The largest absolute Gasteiger partial charge is 0.493 e. The normalized spacial score (nSPS) is 10.8. The molecule has 0 fully saturated rings. The second-order valence-electron chi connectivity index (χ2n) is 6.69. The number of nitrogens with zero attached hydrogens (tertiary/aromatic N) is 1. The van der Waals surface area contributed by atoms with E-state index in [0.29, 0.717) is 56.1 Å². The van der Waals surface area contributed by atoms with Crippen molar-refractivity contribution >= 4 is 50.2 Å². The number of amides is 1. The number of anilines is 1. The van der Waals surface area contributed by atoms with Crippen LogP contribution in [0, 0.1) is 0 Å². The molecule has 0 aliphatic rings. The molecule has 1 amide bonds. The quantitative estimate of drug-likeness (QED) is 0.328. The van der Waals surface area contributed by atoms with Gasteiger partial charge in [0.1, 0.15) is 5.52 Å². The maximum Gasteiger partial charge on any atom is 0.257 e. The number of halogens is 2. The molecule has 164 valence electrons. The van der Waals surface area contributed by atoms with E-state index in [1.54, 1.807) is 62.8 Å². The molecule has 0 saturated carbocycles. The number of oxazole rings is 1. The molecule has 0 unspecified atom stereocenters. The van der Waals surface area contributed by atoms with Gasteiger partial charge in [-0.25, -0.2) is 4.98 Å². The number of hydrogen-bond donors (Lipinski definition) is 1. The number of methoxy groups -OCH3 is 3. The molecular weight excluding hydrogens is 500 g/mol. The lowest BCUT2D eigenvalue weighted by Gasteiger charge is -2.12. The van der Waals surface area contributed by atoms with Gasteiger partial charge in [0.2, 0.25) is 11.6 Å². The van der Waals surface area contributed by atoms with Gasteiger partial charge in [-0.1, -0.05) is 27.5 Å². The van der Waals surface area contributed by atoms with Crippen LogP contribution in [0.15, 0.2) is 57.4 Å². The van der Waals surface area contributed by atoms with E-state index in [-0.39, 0.29) is 5.91 Å². The van der Waals surface area contributed by atoms with Crippen LogP contribution in [0.25, 0.3) is 22.6 Å². The molecule has 3 aromatic carbocycles. The van der Waals surface area contributed by atoms with Crippen molar-refractivity contribution in [3.63, 3.8) is 0 Å². The topological polar surface area (TPSA) is 82.8 Å². The van der Waals surface area contributed by atoms with Crippen LogP contribution in [0.4, 0.5) is 5.69 Å². The molecule has 1 heterocycles. The van der Waals surface area contributed by atoms with Gasteiger partial charge in [-0.05, 0) is 48.5 Å². The van der Waals surface area contributed by atoms with Crippen LogP contribution in [0.2, 0.25) is 5.02 Å². The van der Waals surface area contributed by atoms with Gasteiger partial charge in [0.05, 0.1) is 31.9 Å². The number of carbonyl (C=O) groups is 1.